The van der Waals surface area contributed by atoms with E-state index in [1.807, 2.05) is 30.3 Å². The Bertz CT molecular complexity index is 657. The van der Waals surface area contributed by atoms with Crippen molar-refractivity contribution < 1.29 is 23.1 Å². The monoisotopic (exact) mass is 353 g/mol. The highest BCUT2D eigenvalue weighted by molar-refractivity contribution is 7.91. The molecule has 6 nitrogen and oxygen atoms in total. The lowest BCUT2D eigenvalue weighted by Crippen LogP contribution is -2.40. The first kappa shape index (κ1) is 18.4. The minimum absolute atomic E-state index is 0.0115. The molecule has 1 aromatic rings. The minimum atomic E-state index is -3.01. The average molecular weight is 353 g/mol. The summed E-state index contributed by atoms with van der Waals surface area (Å²) < 4.78 is 23.1. The second-order valence-corrected chi connectivity index (χ2v) is 8.47. The SMILES string of the molecule is O=C(O)CCCN(Cc1ccccc1)C(=O)C1CCS(=O)(=O)CC1. The number of hydrogen-bond donors (Lipinski definition) is 1. The van der Waals surface area contributed by atoms with Crippen LogP contribution < -0.4 is 0 Å². The zero-order valence-corrected chi connectivity index (χ0v) is 14.4. The Morgan fingerprint density at radius 3 is 2.33 bits per heavy atom. The van der Waals surface area contributed by atoms with Gasteiger partial charge in [0.25, 0.3) is 0 Å². The molecule has 132 valence electrons. The molecule has 1 aliphatic rings. The number of carbonyl (C=O) groups is 2. The topological polar surface area (TPSA) is 91.8 Å². The van der Waals surface area contributed by atoms with Crippen LogP contribution >= 0.6 is 0 Å². The Morgan fingerprint density at radius 2 is 1.75 bits per heavy atom. The standard InChI is InChI=1S/C17H23NO5S/c19-16(20)7-4-10-18(13-14-5-2-1-3-6-14)17(21)15-8-11-24(22,23)12-9-15/h1-3,5-6,15H,4,7-13H2,(H,19,20). The maximum Gasteiger partial charge on any atom is 0.303 e. The first-order valence-corrected chi connectivity index (χ1v) is 9.94. The van der Waals surface area contributed by atoms with Crippen molar-refractivity contribution >= 4 is 21.7 Å². The molecule has 1 amide bonds. The molecule has 24 heavy (non-hydrogen) atoms. The van der Waals surface area contributed by atoms with Crippen LogP contribution in [0.25, 0.3) is 0 Å². The summed E-state index contributed by atoms with van der Waals surface area (Å²) in [5.74, 6) is -1.14. The number of aliphatic carboxylic acids is 1. The fraction of sp³-hybridized carbons (Fsp3) is 0.529. The molecule has 7 heteroatoms. The van der Waals surface area contributed by atoms with E-state index in [0.717, 1.165) is 5.56 Å². The number of hydrogen-bond acceptors (Lipinski definition) is 4. The summed E-state index contributed by atoms with van der Waals surface area (Å²) in [7, 11) is -3.01. The average Bonchev–Trinajstić information content (AvgIpc) is 2.54. The number of benzene rings is 1. The predicted octanol–water partition coefficient (Wildman–Crippen LogP) is 1.70. The van der Waals surface area contributed by atoms with Gasteiger partial charge in [0.2, 0.25) is 5.91 Å². The van der Waals surface area contributed by atoms with E-state index < -0.39 is 15.8 Å². The van der Waals surface area contributed by atoms with Crippen LogP contribution in [0.1, 0.15) is 31.2 Å². The van der Waals surface area contributed by atoms with Crippen LogP contribution in [0.2, 0.25) is 0 Å². The zero-order chi connectivity index (χ0) is 17.6. The molecule has 2 rings (SSSR count). The lowest BCUT2D eigenvalue weighted by Gasteiger charge is -2.29. The van der Waals surface area contributed by atoms with Crippen molar-refractivity contribution in [1.82, 2.24) is 4.90 Å². The summed E-state index contributed by atoms with van der Waals surface area (Å²) in [5, 5.41) is 8.79. The van der Waals surface area contributed by atoms with Gasteiger partial charge in [-0.15, -0.1) is 0 Å². The largest absolute Gasteiger partial charge is 0.481 e. The summed E-state index contributed by atoms with van der Waals surface area (Å²) in [6, 6.07) is 9.52. The second kappa shape index (κ2) is 8.28. The predicted molar refractivity (Wildman–Crippen MR) is 90.1 cm³/mol. The van der Waals surface area contributed by atoms with Crippen molar-refractivity contribution in [1.29, 1.82) is 0 Å². The van der Waals surface area contributed by atoms with Crippen molar-refractivity contribution in [3.63, 3.8) is 0 Å². The number of amides is 1. The maximum absolute atomic E-state index is 12.8. The molecule has 1 heterocycles. The van der Waals surface area contributed by atoms with Gasteiger partial charge in [-0.3, -0.25) is 9.59 Å². The minimum Gasteiger partial charge on any atom is -0.481 e. The maximum atomic E-state index is 12.8. The van der Waals surface area contributed by atoms with Crippen LogP contribution in [0.5, 0.6) is 0 Å². The van der Waals surface area contributed by atoms with E-state index in [9.17, 15) is 18.0 Å². The van der Waals surface area contributed by atoms with Crippen molar-refractivity contribution in [2.45, 2.75) is 32.2 Å². The third-order valence-electron chi connectivity index (χ3n) is 4.25. The summed E-state index contributed by atoms with van der Waals surface area (Å²) >= 11 is 0. The Kier molecular flexibility index (Phi) is 6.36. The molecule has 0 aromatic heterocycles. The molecule has 0 atom stereocenters. The Balaban J connectivity index is 2.03. The third-order valence-corrected chi connectivity index (χ3v) is 5.97. The summed E-state index contributed by atoms with van der Waals surface area (Å²) in [5.41, 5.74) is 0.976. The van der Waals surface area contributed by atoms with E-state index in [-0.39, 0.29) is 29.8 Å². The van der Waals surface area contributed by atoms with Gasteiger partial charge in [-0.2, -0.15) is 0 Å². The summed E-state index contributed by atoms with van der Waals surface area (Å²) in [6.45, 7) is 0.784. The van der Waals surface area contributed by atoms with Crippen LogP contribution in [0, 0.1) is 5.92 Å². The Labute approximate surface area is 142 Å². The third kappa shape index (κ3) is 5.63. The van der Waals surface area contributed by atoms with Gasteiger partial charge in [0.15, 0.2) is 0 Å². The molecule has 0 radical (unpaired) electrons. The molecule has 0 bridgehead atoms. The lowest BCUT2D eigenvalue weighted by atomic mass is 10.0. The van der Waals surface area contributed by atoms with Crippen LogP contribution in [-0.2, 0) is 26.0 Å². The molecule has 0 spiro atoms. The van der Waals surface area contributed by atoms with Gasteiger partial charge >= 0.3 is 5.97 Å². The Morgan fingerprint density at radius 1 is 1.12 bits per heavy atom. The molecule has 1 N–H and O–H groups in total. The molecule has 0 aliphatic carbocycles. The number of carboxylic acids is 1. The molecule has 1 saturated heterocycles. The quantitative estimate of drug-likeness (QED) is 0.805. The molecule has 0 unspecified atom stereocenters. The van der Waals surface area contributed by atoms with Gasteiger partial charge in [-0.05, 0) is 24.8 Å². The molecule has 1 aromatic carbocycles. The fourth-order valence-electron chi connectivity index (χ4n) is 2.89. The smallest absolute Gasteiger partial charge is 0.303 e. The normalized spacial score (nSPS) is 17.3. The van der Waals surface area contributed by atoms with Crippen molar-refractivity contribution in [2.24, 2.45) is 5.92 Å². The van der Waals surface area contributed by atoms with E-state index >= 15 is 0 Å². The summed E-state index contributed by atoms with van der Waals surface area (Å²) in [4.78, 5) is 25.2. The van der Waals surface area contributed by atoms with E-state index in [2.05, 4.69) is 0 Å². The van der Waals surface area contributed by atoms with Crippen LogP contribution in [0.4, 0.5) is 0 Å². The van der Waals surface area contributed by atoms with E-state index in [1.165, 1.54) is 0 Å². The number of rotatable bonds is 7. The van der Waals surface area contributed by atoms with Gasteiger partial charge in [0.1, 0.15) is 9.84 Å². The molecular weight excluding hydrogens is 330 g/mol. The van der Waals surface area contributed by atoms with Gasteiger partial charge in [-0.25, -0.2) is 8.42 Å². The van der Waals surface area contributed by atoms with E-state index in [1.54, 1.807) is 4.90 Å². The molecule has 1 fully saturated rings. The number of carboxylic acid groups (broad SMARTS) is 1. The summed E-state index contributed by atoms with van der Waals surface area (Å²) in [6.07, 6.45) is 1.10. The number of nitrogens with zero attached hydrogens (tertiary/aromatic N) is 1. The first-order chi connectivity index (χ1) is 11.4. The highest BCUT2D eigenvalue weighted by Gasteiger charge is 2.31. The van der Waals surface area contributed by atoms with Crippen LogP contribution in [-0.4, -0.2) is 48.4 Å². The number of carbonyl (C=O) groups excluding carboxylic acids is 1. The second-order valence-electron chi connectivity index (χ2n) is 6.17. The molecule has 0 saturated carbocycles. The van der Waals surface area contributed by atoms with Crippen molar-refractivity contribution in [3.05, 3.63) is 35.9 Å². The Hall–Kier alpha value is -1.89. The van der Waals surface area contributed by atoms with E-state index in [4.69, 9.17) is 5.11 Å². The molecule has 1 aliphatic heterocycles. The first-order valence-electron chi connectivity index (χ1n) is 8.12. The van der Waals surface area contributed by atoms with Gasteiger partial charge in [-0.1, -0.05) is 30.3 Å². The van der Waals surface area contributed by atoms with Crippen LogP contribution in [0.3, 0.4) is 0 Å². The highest BCUT2D eigenvalue weighted by Crippen LogP contribution is 2.22. The van der Waals surface area contributed by atoms with Crippen molar-refractivity contribution in [3.8, 4) is 0 Å². The van der Waals surface area contributed by atoms with Gasteiger partial charge in [0, 0.05) is 25.4 Å². The van der Waals surface area contributed by atoms with Crippen LogP contribution in [0.15, 0.2) is 30.3 Å². The highest BCUT2D eigenvalue weighted by atomic mass is 32.2. The van der Waals surface area contributed by atoms with Gasteiger partial charge < -0.3 is 10.0 Å². The lowest BCUT2D eigenvalue weighted by molar-refractivity contribution is -0.139. The fourth-order valence-corrected chi connectivity index (χ4v) is 4.38. The zero-order valence-electron chi connectivity index (χ0n) is 13.6. The molecular formula is C17H23NO5S. The van der Waals surface area contributed by atoms with E-state index in [0.29, 0.717) is 32.4 Å². The van der Waals surface area contributed by atoms with Crippen molar-refractivity contribution in [2.75, 3.05) is 18.1 Å². The number of sulfone groups is 1. The van der Waals surface area contributed by atoms with Gasteiger partial charge in [0.05, 0.1) is 11.5 Å².